The number of aliphatic hydroxyl groups is 1. The second-order valence-electron chi connectivity index (χ2n) is 5.08. The summed E-state index contributed by atoms with van der Waals surface area (Å²) in [6, 6.07) is 0. The van der Waals surface area contributed by atoms with Crippen LogP contribution in [-0.2, 0) is 4.79 Å². The van der Waals surface area contributed by atoms with Crippen LogP contribution >= 0.6 is 0 Å². The number of carbonyl (C=O) groups is 1. The Bertz CT molecular complexity index is 294. The minimum Gasteiger partial charge on any atom is -0.376 e. The standard InChI is InChI=1S/C14H27N3O2/c1-3-16-17(2)14(19)13(11-18)10-15-9-12-7-5-4-6-8-12/h7,11,13-16,19H,3-6,8-10H2,1-2H3. The van der Waals surface area contributed by atoms with Gasteiger partial charge in [0.15, 0.2) is 0 Å². The van der Waals surface area contributed by atoms with E-state index < -0.39 is 12.1 Å². The molecular weight excluding hydrogens is 242 g/mol. The lowest BCUT2D eigenvalue weighted by Crippen LogP contribution is -2.49. The maximum atomic E-state index is 11.1. The molecule has 2 unspecified atom stereocenters. The molecule has 1 aliphatic rings. The first-order valence-electron chi connectivity index (χ1n) is 7.17. The summed E-state index contributed by atoms with van der Waals surface area (Å²) in [7, 11) is 1.74. The first-order valence-corrected chi connectivity index (χ1v) is 7.17. The topological polar surface area (TPSA) is 64.6 Å². The number of aliphatic hydroxyl groups excluding tert-OH is 1. The lowest BCUT2D eigenvalue weighted by Gasteiger charge is -2.28. The van der Waals surface area contributed by atoms with Crippen molar-refractivity contribution in [1.29, 1.82) is 0 Å². The van der Waals surface area contributed by atoms with E-state index >= 15 is 0 Å². The molecule has 1 aliphatic carbocycles. The quantitative estimate of drug-likeness (QED) is 0.248. The third-order valence-corrected chi connectivity index (χ3v) is 3.48. The predicted molar refractivity (Wildman–Crippen MR) is 76.4 cm³/mol. The zero-order valence-corrected chi connectivity index (χ0v) is 12.1. The predicted octanol–water partition coefficient (Wildman–Crippen LogP) is 0.666. The van der Waals surface area contributed by atoms with Crippen LogP contribution in [0.5, 0.6) is 0 Å². The normalized spacial score (nSPS) is 19.1. The monoisotopic (exact) mass is 269 g/mol. The molecule has 1 rings (SSSR count). The van der Waals surface area contributed by atoms with Crippen molar-refractivity contribution in [1.82, 2.24) is 15.8 Å². The Morgan fingerprint density at radius 3 is 2.89 bits per heavy atom. The lowest BCUT2D eigenvalue weighted by atomic mass is 9.99. The number of nitrogens with one attached hydrogen (secondary N) is 2. The highest BCUT2D eigenvalue weighted by Crippen LogP contribution is 2.16. The molecule has 0 aliphatic heterocycles. The van der Waals surface area contributed by atoms with E-state index in [1.165, 1.54) is 24.8 Å². The van der Waals surface area contributed by atoms with Gasteiger partial charge in [0.2, 0.25) is 0 Å². The number of allylic oxidation sites excluding steroid dienone is 1. The van der Waals surface area contributed by atoms with Crippen molar-refractivity contribution in [3.05, 3.63) is 11.6 Å². The first-order chi connectivity index (χ1) is 9.19. The van der Waals surface area contributed by atoms with Gasteiger partial charge in [-0.05, 0) is 25.7 Å². The third kappa shape index (κ3) is 5.82. The summed E-state index contributed by atoms with van der Waals surface area (Å²) in [6.07, 6.45) is 7.17. The summed E-state index contributed by atoms with van der Waals surface area (Å²) in [5, 5.41) is 14.9. The van der Waals surface area contributed by atoms with Crippen LogP contribution in [0, 0.1) is 5.92 Å². The van der Waals surface area contributed by atoms with Crippen LogP contribution in [0.15, 0.2) is 11.6 Å². The molecule has 0 heterocycles. The van der Waals surface area contributed by atoms with E-state index in [-0.39, 0.29) is 0 Å². The molecular formula is C14H27N3O2. The van der Waals surface area contributed by atoms with Crippen molar-refractivity contribution in [2.75, 3.05) is 26.7 Å². The van der Waals surface area contributed by atoms with Gasteiger partial charge in [-0.25, -0.2) is 5.01 Å². The maximum absolute atomic E-state index is 11.1. The molecule has 110 valence electrons. The highest BCUT2D eigenvalue weighted by Gasteiger charge is 2.22. The molecule has 0 saturated carbocycles. The van der Waals surface area contributed by atoms with Gasteiger partial charge in [-0.3, -0.25) is 5.43 Å². The SMILES string of the molecule is CCNN(C)C(O)C(C=O)CNCC1=CCCCC1. The summed E-state index contributed by atoms with van der Waals surface area (Å²) in [5.41, 5.74) is 4.41. The van der Waals surface area contributed by atoms with Crippen molar-refractivity contribution in [3.63, 3.8) is 0 Å². The van der Waals surface area contributed by atoms with Gasteiger partial charge in [0.1, 0.15) is 12.5 Å². The highest BCUT2D eigenvalue weighted by atomic mass is 16.3. The molecule has 0 bridgehead atoms. The summed E-state index contributed by atoms with van der Waals surface area (Å²) < 4.78 is 0. The fourth-order valence-electron chi connectivity index (χ4n) is 2.32. The summed E-state index contributed by atoms with van der Waals surface area (Å²) >= 11 is 0. The van der Waals surface area contributed by atoms with E-state index in [4.69, 9.17) is 0 Å². The number of nitrogens with zero attached hydrogens (tertiary/aromatic N) is 1. The van der Waals surface area contributed by atoms with Crippen molar-refractivity contribution in [2.45, 2.75) is 38.8 Å². The van der Waals surface area contributed by atoms with Gasteiger partial charge in [0, 0.05) is 26.7 Å². The molecule has 2 atom stereocenters. The molecule has 5 heteroatoms. The second-order valence-corrected chi connectivity index (χ2v) is 5.08. The molecule has 0 aromatic heterocycles. The summed E-state index contributed by atoms with van der Waals surface area (Å²) in [4.78, 5) is 11.1. The number of hydrogen-bond acceptors (Lipinski definition) is 5. The van der Waals surface area contributed by atoms with Crippen molar-refractivity contribution < 1.29 is 9.90 Å². The Balaban J connectivity index is 2.31. The van der Waals surface area contributed by atoms with Crippen LogP contribution in [0.25, 0.3) is 0 Å². The molecule has 0 aromatic rings. The minimum atomic E-state index is -0.801. The third-order valence-electron chi connectivity index (χ3n) is 3.48. The summed E-state index contributed by atoms with van der Waals surface area (Å²) in [5.74, 6) is -0.423. The molecule has 0 fully saturated rings. The number of aldehydes is 1. The van der Waals surface area contributed by atoms with Gasteiger partial charge in [0.25, 0.3) is 0 Å². The Labute approximate surface area is 116 Å². The largest absolute Gasteiger partial charge is 0.376 e. The van der Waals surface area contributed by atoms with E-state index in [0.29, 0.717) is 6.54 Å². The van der Waals surface area contributed by atoms with Gasteiger partial charge in [0.05, 0.1) is 5.92 Å². The van der Waals surface area contributed by atoms with Gasteiger partial charge >= 0.3 is 0 Å². The van der Waals surface area contributed by atoms with Gasteiger partial charge in [-0.2, -0.15) is 0 Å². The molecule has 0 amide bonds. The zero-order chi connectivity index (χ0) is 14.1. The molecule has 0 radical (unpaired) electrons. The molecule has 0 aromatic carbocycles. The number of hydrazine groups is 1. The molecule has 19 heavy (non-hydrogen) atoms. The molecule has 3 N–H and O–H groups in total. The van der Waals surface area contributed by atoms with E-state index in [2.05, 4.69) is 16.8 Å². The average molecular weight is 269 g/mol. The van der Waals surface area contributed by atoms with Gasteiger partial charge in [-0.1, -0.05) is 18.6 Å². The molecule has 5 nitrogen and oxygen atoms in total. The summed E-state index contributed by atoms with van der Waals surface area (Å²) in [6.45, 7) is 3.99. The van der Waals surface area contributed by atoms with E-state index in [1.54, 1.807) is 12.1 Å². The van der Waals surface area contributed by atoms with Crippen molar-refractivity contribution >= 4 is 6.29 Å². The van der Waals surface area contributed by atoms with Crippen molar-refractivity contribution in [2.24, 2.45) is 5.92 Å². The van der Waals surface area contributed by atoms with Crippen LogP contribution in [-0.4, -0.2) is 49.3 Å². The Morgan fingerprint density at radius 2 is 2.32 bits per heavy atom. The van der Waals surface area contributed by atoms with E-state index in [1.807, 2.05) is 6.92 Å². The van der Waals surface area contributed by atoms with Gasteiger partial charge < -0.3 is 15.2 Å². The van der Waals surface area contributed by atoms with E-state index in [0.717, 1.165) is 25.8 Å². The number of rotatable bonds is 9. The lowest BCUT2D eigenvalue weighted by molar-refractivity contribution is -0.121. The maximum Gasteiger partial charge on any atom is 0.130 e. The average Bonchev–Trinajstić information content (AvgIpc) is 2.44. The van der Waals surface area contributed by atoms with Crippen LogP contribution in [0.2, 0.25) is 0 Å². The van der Waals surface area contributed by atoms with Crippen molar-refractivity contribution in [3.8, 4) is 0 Å². The molecule has 0 spiro atoms. The van der Waals surface area contributed by atoms with Crippen LogP contribution in [0.3, 0.4) is 0 Å². The van der Waals surface area contributed by atoms with Gasteiger partial charge in [-0.15, -0.1) is 0 Å². The minimum absolute atomic E-state index is 0.423. The Morgan fingerprint density at radius 1 is 1.53 bits per heavy atom. The molecule has 0 saturated heterocycles. The first kappa shape index (κ1) is 16.3. The fraction of sp³-hybridized carbons (Fsp3) is 0.786. The number of carbonyl (C=O) groups excluding carboxylic acids is 1. The zero-order valence-electron chi connectivity index (χ0n) is 12.1. The second kappa shape index (κ2) is 9.20. The van der Waals surface area contributed by atoms with Crippen LogP contribution in [0.1, 0.15) is 32.6 Å². The van der Waals surface area contributed by atoms with Crippen LogP contribution in [0.4, 0.5) is 0 Å². The Hall–Kier alpha value is -0.750. The van der Waals surface area contributed by atoms with E-state index in [9.17, 15) is 9.90 Å². The smallest absolute Gasteiger partial charge is 0.130 e. The number of hydrogen-bond donors (Lipinski definition) is 3. The Kier molecular flexibility index (Phi) is 7.90. The highest BCUT2D eigenvalue weighted by molar-refractivity contribution is 5.54. The fourth-order valence-corrected chi connectivity index (χ4v) is 2.32. The van der Waals surface area contributed by atoms with Crippen LogP contribution < -0.4 is 10.7 Å².